The Morgan fingerprint density at radius 1 is 1.29 bits per heavy atom. The number of carbonyl (C=O) groups is 3. The lowest BCUT2D eigenvalue weighted by molar-refractivity contribution is -0.151. The zero-order valence-corrected chi connectivity index (χ0v) is 13.3. The average molecular weight is 331 g/mol. The molecule has 5 nitrogen and oxygen atoms in total. The van der Waals surface area contributed by atoms with Gasteiger partial charge in [0.25, 0.3) is 5.91 Å². The van der Waals surface area contributed by atoms with Gasteiger partial charge in [-0.25, -0.2) is 4.39 Å². The molecule has 0 N–H and O–H groups in total. The second-order valence-electron chi connectivity index (χ2n) is 5.97. The first kappa shape index (κ1) is 16.4. The fourth-order valence-corrected chi connectivity index (χ4v) is 3.32. The molecule has 1 aromatic carbocycles. The van der Waals surface area contributed by atoms with Crippen molar-refractivity contribution in [1.29, 1.82) is 0 Å². The largest absolute Gasteiger partial charge is 0.466 e. The molecule has 1 amide bonds. The number of ketones is 1. The van der Waals surface area contributed by atoms with Gasteiger partial charge in [0.1, 0.15) is 11.9 Å². The molecule has 3 rings (SSSR count). The predicted molar refractivity (Wildman–Crippen MR) is 83.4 cm³/mol. The Morgan fingerprint density at radius 3 is 2.67 bits per heavy atom. The third kappa shape index (κ3) is 2.96. The van der Waals surface area contributed by atoms with Crippen molar-refractivity contribution in [3.8, 4) is 0 Å². The van der Waals surface area contributed by atoms with E-state index >= 15 is 0 Å². The van der Waals surface area contributed by atoms with Crippen molar-refractivity contribution >= 4 is 17.7 Å². The van der Waals surface area contributed by atoms with Gasteiger partial charge in [0, 0.05) is 18.5 Å². The third-order valence-electron chi connectivity index (χ3n) is 4.44. The number of esters is 1. The molecular formula is C18H18FNO4. The zero-order chi connectivity index (χ0) is 17.3. The van der Waals surface area contributed by atoms with Crippen LogP contribution in [0.25, 0.3) is 0 Å². The molecule has 0 bridgehead atoms. The summed E-state index contributed by atoms with van der Waals surface area (Å²) in [5, 5.41) is 0. The summed E-state index contributed by atoms with van der Waals surface area (Å²) < 4.78 is 18.0. The second kappa shape index (κ2) is 6.55. The van der Waals surface area contributed by atoms with Crippen molar-refractivity contribution in [3.63, 3.8) is 0 Å². The van der Waals surface area contributed by atoms with E-state index in [9.17, 15) is 18.8 Å². The van der Waals surface area contributed by atoms with Crippen LogP contribution in [0, 0.1) is 11.7 Å². The number of benzene rings is 1. The molecule has 2 atom stereocenters. The van der Waals surface area contributed by atoms with Gasteiger partial charge in [-0.15, -0.1) is 0 Å². The van der Waals surface area contributed by atoms with Crippen LogP contribution in [0.5, 0.6) is 0 Å². The Bertz CT molecular complexity index is 710. The fourth-order valence-electron chi connectivity index (χ4n) is 3.32. The SMILES string of the molecule is CCOC(=O)C1CCN2C(=O)C(Cc3ccc(F)cc3)=CC(=O)C12. The summed E-state index contributed by atoms with van der Waals surface area (Å²) in [6.45, 7) is 2.31. The van der Waals surface area contributed by atoms with Gasteiger partial charge in [0.15, 0.2) is 5.78 Å². The number of halogens is 1. The van der Waals surface area contributed by atoms with E-state index in [0.29, 0.717) is 18.5 Å². The number of fused-ring (bicyclic) bond motifs is 1. The van der Waals surface area contributed by atoms with E-state index < -0.39 is 17.9 Å². The normalized spacial score (nSPS) is 23.1. The average Bonchev–Trinajstić information content (AvgIpc) is 3.00. The van der Waals surface area contributed by atoms with Crippen LogP contribution in [-0.2, 0) is 25.5 Å². The molecule has 1 fully saturated rings. The van der Waals surface area contributed by atoms with Gasteiger partial charge >= 0.3 is 5.97 Å². The first-order valence-corrected chi connectivity index (χ1v) is 7.97. The van der Waals surface area contributed by atoms with E-state index in [1.54, 1.807) is 19.1 Å². The van der Waals surface area contributed by atoms with E-state index in [1.165, 1.54) is 23.1 Å². The number of hydrogen-bond donors (Lipinski definition) is 0. The molecule has 2 aliphatic heterocycles. The lowest BCUT2D eigenvalue weighted by Crippen LogP contribution is -2.48. The van der Waals surface area contributed by atoms with Crippen molar-refractivity contribution < 1.29 is 23.5 Å². The second-order valence-corrected chi connectivity index (χ2v) is 5.97. The number of amides is 1. The lowest BCUT2D eigenvalue weighted by atomic mass is 9.91. The van der Waals surface area contributed by atoms with Gasteiger partial charge < -0.3 is 9.64 Å². The van der Waals surface area contributed by atoms with E-state index in [4.69, 9.17) is 4.74 Å². The molecule has 24 heavy (non-hydrogen) atoms. The van der Waals surface area contributed by atoms with Crippen LogP contribution in [-0.4, -0.2) is 41.8 Å². The van der Waals surface area contributed by atoms with Crippen LogP contribution >= 0.6 is 0 Å². The van der Waals surface area contributed by atoms with Gasteiger partial charge in [0.05, 0.1) is 12.5 Å². The zero-order valence-electron chi connectivity index (χ0n) is 13.3. The van der Waals surface area contributed by atoms with Crippen LogP contribution in [0.1, 0.15) is 18.9 Å². The Labute approximate surface area is 139 Å². The number of nitrogens with zero attached hydrogens (tertiary/aromatic N) is 1. The summed E-state index contributed by atoms with van der Waals surface area (Å²) in [7, 11) is 0. The number of carbonyl (C=O) groups excluding carboxylic acids is 3. The van der Waals surface area contributed by atoms with Gasteiger partial charge in [-0.3, -0.25) is 14.4 Å². The molecular weight excluding hydrogens is 313 g/mol. The minimum absolute atomic E-state index is 0.240. The summed E-state index contributed by atoms with van der Waals surface area (Å²) in [4.78, 5) is 38.5. The monoisotopic (exact) mass is 331 g/mol. The highest BCUT2D eigenvalue weighted by molar-refractivity contribution is 6.11. The van der Waals surface area contributed by atoms with Gasteiger partial charge in [-0.1, -0.05) is 12.1 Å². The van der Waals surface area contributed by atoms with Gasteiger partial charge in [-0.2, -0.15) is 0 Å². The minimum atomic E-state index is -0.756. The van der Waals surface area contributed by atoms with Crippen molar-refractivity contribution in [2.24, 2.45) is 5.92 Å². The van der Waals surface area contributed by atoms with Crippen LogP contribution in [0.4, 0.5) is 4.39 Å². The number of ether oxygens (including phenoxy) is 1. The molecule has 6 heteroatoms. The molecule has 1 aromatic rings. The van der Waals surface area contributed by atoms with Crippen molar-refractivity contribution in [3.05, 3.63) is 47.3 Å². The molecule has 126 valence electrons. The van der Waals surface area contributed by atoms with E-state index in [-0.39, 0.29) is 30.5 Å². The molecule has 0 radical (unpaired) electrons. The molecule has 0 aliphatic carbocycles. The number of hydrogen-bond acceptors (Lipinski definition) is 4. The molecule has 1 saturated heterocycles. The quantitative estimate of drug-likeness (QED) is 0.787. The summed E-state index contributed by atoms with van der Waals surface area (Å²) in [5.41, 5.74) is 1.12. The van der Waals surface area contributed by atoms with Crippen LogP contribution in [0.3, 0.4) is 0 Å². The minimum Gasteiger partial charge on any atom is -0.466 e. The van der Waals surface area contributed by atoms with E-state index in [2.05, 4.69) is 0 Å². The van der Waals surface area contributed by atoms with Crippen LogP contribution in [0.2, 0.25) is 0 Å². The maximum absolute atomic E-state index is 13.0. The highest BCUT2D eigenvalue weighted by atomic mass is 19.1. The number of rotatable bonds is 4. The van der Waals surface area contributed by atoms with Crippen molar-refractivity contribution in [2.45, 2.75) is 25.8 Å². The first-order valence-electron chi connectivity index (χ1n) is 7.97. The molecule has 2 aliphatic rings. The predicted octanol–water partition coefficient (Wildman–Crippen LogP) is 1.66. The molecule has 2 heterocycles. The summed E-state index contributed by atoms with van der Waals surface area (Å²) in [6.07, 6.45) is 2.02. The van der Waals surface area contributed by atoms with Crippen molar-refractivity contribution in [2.75, 3.05) is 13.2 Å². The standard InChI is InChI=1S/C18H18FNO4/c1-2-24-18(23)14-7-8-20-16(14)15(21)10-12(17(20)22)9-11-3-5-13(19)6-4-11/h3-6,10,14,16H,2,7-9H2,1H3. The van der Waals surface area contributed by atoms with Crippen LogP contribution < -0.4 is 0 Å². The highest BCUT2D eigenvalue weighted by Gasteiger charge is 2.48. The summed E-state index contributed by atoms with van der Waals surface area (Å²) >= 11 is 0. The molecule has 0 aromatic heterocycles. The van der Waals surface area contributed by atoms with E-state index in [0.717, 1.165) is 5.56 Å². The third-order valence-corrected chi connectivity index (χ3v) is 4.44. The Kier molecular flexibility index (Phi) is 4.46. The lowest BCUT2D eigenvalue weighted by Gasteiger charge is -2.30. The topological polar surface area (TPSA) is 63.7 Å². The Hall–Kier alpha value is -2.50. The molecule has 0 saturated carbocycles. The fraction of sp³-hybridized carbons (Fsp3) is 0.389. The molecule has 0 spiro atoms. The first-order chi connectivity index (χ1) is 11.5. The maximum Gasteiger partial charge on any atom is 0.311 e. The van der Waals surface area contributed by atoms with Crippen molar-refractivity contribution in [1.82, 2.24) is 4.90 Å². The summed E-state index contributed by atoms with van der Waals surface area (Å²) in [5.74, 6) is -1.86. The van der Waals surface area contributed by atoms with E-state index in [1.807, 2.05) is 0 Å². The maximum atomic E-state index is 13.0. The van der Waals surface area contributed by atoms with Gasteiger partial charge in [0.2, 0.25) is 0 Å². The Morgan fingerprint density at radius 2 is 2.00 bits per heavy atom. The highest BCUT2D eigenvalue weighted by Crippen LogP contribution is 2.32. The Balaban J connectivity index is 1.81. The summed E-state index contributed by atoms with van der Waals surface area (Å²) in [6, 6.07) is 5.06. The van der Waals surface area contributed by atoms with Crippen LogP contribution in [0.15, 0.2) is 35.9 Å². The smallest absolute Gasteiger partial charge is 0.311 e. The van der Waals surface area contributed by atoms with Gasteiger partial charge in [-0.05, 0) is 37.1 Å². The molecule has 2 unspecified atom stereocenters.